The number of non-ortho nitro benzene ring substituents is 1. The van der Waals surface area contributed by atoms with Crippen LogP contribution in [-0.2, 0) is 14.8 Å². The largest absolute Gasteiger partial charge is 0.481 e. The maximum Gasteiger partial charge on any atom is 0.304 e. The lowest BCUT2D eigenvalue weighted by atomic mass is 10.3. The van der Waals surface area contributed by atoms with Gasteiger partial charge in [0.15, 0.2) is 0 Å². The summed E-state index contributed by atoms with van der Waals surface area (Å²) in [6.07, 6.45) is 1.13. The van der Waals surface area contributed by atoms with Gasteiger partial charge in [0.1, 0.15) is 0 Å². The number of carbonyl (C=O) groups is 1. The van der Waals surface area contributed by atoms with Crippen molar-refractivity contribution in [3.05, 3.63) is 34.4 Å². The Morgan fingerprint density at radius 3 is 2.33 bits per heavy atom. The quantitative estimate of drug-likeness (QED) is 0.597. The molecule has 0 amide bonds. The molecule has 0 radical (unpaired) electrons. The van der Waals surface area contributed by atoms with Gasteiger partial charge in [0.2, 0.25) is 10.0 Å². The molecule has 114 valence electrons. The van der Waals surface area contributed by atoms with E-state index >= 15 is 0 Å². The molecule has 0 aromatic heterocycles. The van der Waals surface area contributed by atoms with Crippen LogP contribution < -0.4 is 0 Å². The Kier molecular flexibility index (Phi) is 4.24. The van der Waals surface area contributed by atoms with Crippen LogP contribution in [0.3, 0.4) is 0 Å². The van der Waals surface area contributed by atoms with Crippen molar-refractivity contribution < 1.29 is 23.2 Å². The Morgan fingerprint density at radius 1 is 1.33 bits per heavy atom. The first kappa shape index (κ1) is 15.4. The van der Waals surface area contributed by atoms with Crippen molar-refractivity contribution in [1.29, 1.82) is 0 Å². The van der Waals surface area contributed by atoms with Crippen LogP contribution in [0.5, 0.6) is 0 Å². The van der Waals surface area contributed by atoms with E-state index in [1.165, 1.54) is 16.4 Å². The number of nitro benzene ring substituents is 1. The van der Waals surface area contributed by atoms with Gasteiger partial charge in [0, 0.05) is 24.7 Å². The topological polar surface area (TPSA) is 118 Å². The van der Waals surface area contributed by atoms with E-state index in [2.05, 4.69) is 0 Å². The number of carboxylic acids is 1. The smallest absolute Gasteiger partial charge is 0.304 e. The molecule has 1 N–H and O–H groups in total. The highest BCUT2D eigenvalue weighted by Crippen LogP contribution is 2.32. The third-order valence-electron chi connectivity index (χ3n) is 3.15. The summed E-state index contributed by atoms with van der Waals surface area (Å²) in [6, 6.07) is 4.40. The minimum atomic E-state index is -3.83. The molecule has 0 unspecified atom stereocenters. The van der Waals surface area contributed by atoms with E-state index in [1.807, 2.05) is 0 Å². The third kappa shape index (κ3) is 3.56. The van der Waals surface area contributed by atoms with Crippen LogP contribution in [0, 0.1) is 10.1 Å². The zero-order chi connectivity index (χ0) is 15.6. The van der Waals surface area contributed by atoms with Crippen molar-refractivity contribution >= 4 is 21.7 Å². The van der Waals surface area contributed by atoms with Gasteiger partial charge in [-0.1, -0.05) is 0 Å². The second-order valence-corrected chi connectivity index (χ2v) is 6.63. The number of rotatable bonds is 7. The van der Waals surface area contributed by atoms with Crippen LogP contribution in [0.15, 0.2) is 29.2 Å². The molecule has 0 heterocycles. The van der Waals surface area contributed by atoms with Gasteiger partial charge in [-0.3, -0.25) is 14.9 Å². The molecule has 1 saturated carbocycles. The normalized spacial score (nSPS) is 15.1. The maximum absolute atomic E-state index is 12.5. The molecule has 9 heteroatoms. The molecule has 0 spiro atoms. The molecule has 0 atom stereocenters. The van der Waals surface area contributed by atoms with Crippen molar-refractivity contribution in [2.45, 2.75) is 30.2 Å². The SMILES string of the molecule is O=C(O)CCN(C1CC1)S(=O)(=O)c1ccc([N+](=O)[O-])cc1. The molecule has 21 heavy (non-hydrogen) atoms. The van der Waals surface area contributed by atoms with Gasteiger partial charge in [-0.25, -0.2) is 8.42 Å². The van der Waals surface area contributed by atoms with Gasteiger partial charge < -0.3 is 5.11 Å². The first-order valence-corrected chi connectivity index (χ1v) is 7.74. The van der Waals surface area contributed by atoms with Crippen molar-refractivity contribution in [3.63, 3.8) is 0 Å². The highest BCUT2D eigenvalue weighted by atomic mass is 32.2. The van der Waals surface area contributed by atoms with E-state index in [9.17, 15) is 23.3 Å². The summed E-state index contributed by atoms with van der Waals surface area (Å²) < 4.78 is 26.1. The fourth-order valence-corrected chi connectivity index (χ4v) is 3.63. The van der Waals surface area contributed by atoms with Gasteiger partial charge in [-0.2, -0.15) is 4.31 Å². The summed E-state index contributed by atoms with van der Waals surface area (Å²) >= 11 is 0. The molecule has 8 nitrogen and oxygen atoms in total. The van der Waals surface area contributed by atoms with Crippen LogP contribution in [0.2, 0.25) is 0 Å². The third-order valence-corrected chi connectivity index (χ3v) is 5.12. The molecule has 1 fully saturated rings. The van der Waals surface area contributed by atoms with Gasteiger partial charge >= 0.3 is 5.97 Å². The van der Waals surface area contributed by atoms with Crippen LogP contribution in [0.25, 0.3) is 0 Å². The fraction of sp³-hybridized carbons (Fsp3) is 0.417. The van der Waals surface area contributed by atoms with Crippen molar-refractivity contribution in [1.82, 2.24) is 4.31 Å². The Labute approximate surface area is 121 Å². The second kappa shape index (κ2) is 5.78. The minimum absolute atomic E-state index is 0.0645. The number of carboxylic acid groups (broad SMARTS) is 1. The summed E-state index contributed by atoms with van der Waals surface area (Å²) in [7, 11) is -3.83. The van der Waals surface area contributed by atoms with E-state index in [0.29, 0.717) is 12.8 Å². The average Bonchev–Trinajstić information content (AvgIpc) is 3.23. The highest BCUT2D eigenvalue weighted by molar-refractivity contribution is 7.89. The number of nitro groups is 1. The molecule has 0 aliphatic heterocycles. The van der Waals surface area contributed by atoms with Crippen LogP contribution in [0.4, 0.5) is 5.69 Å². The van der Waals surface area contributed by atoms with E-state index in [-0.39, 0.29) is 29.6 Å². The Morgan fingerprint density at radius 2 is 1.90 bits per heavy atom. The monoisotopic (exact) mass is 314 g/mol. The van der Waals surface area contributed by atoms with Gasteiger partial charge in [0.05, 0.1) is 16.2 Å². The van der Waals surface area contributed by atoms with E-state index in [4.69, 9.17) is 5.11 Å². The predicted molar refractivity (Wildman–Crippen MR) is 72.3 cm³/mol. The van der Waals surface area contributed by atoms with Crippen LogP contribution in [0.1, 0.15) is 19.3 Å². The summed E-state index contributed by atoms with van der Waals surface area (Å²) in [5, 5.41) is 19.3. The molecular formula is C12H14N2O6S. The Balaban J connectivity index is 2.25. The molecule has 1 aliphatic rings. The summed E-state index contributed by atoms with van der Waals surface area (Å²) in [6.45, 7) is -0.0979. The second-order valence-electron chi connectivity index (χ2n) is 4.74. The first-order valence-electron chi connectivity index (χ1n) is 6.30. The Bertz CT molecular complexity index is 651. The van der Waals surface area contributed by atoms with E-state index in [0.717, 1.165) is 12.1 Å². The molecule has 1 aromatic rings. The number of nitrogens with zero attached hydrogens (tertiary/aromatic N) is 2. The number of sulfonamides is 1. The summed E-state index contributed by atoms with van der Waals surface area (Å²) in [5.74, 6) is -1.07. The van der Waals surface area contributed by atoms with Gasteiger partial charge in [0.25, 0.3) is 5.69 Å². The minimum Gasteiger partial charge on any atom is -0.481 e. The number of benzene rings is 1. The van der Waals surface area contributed by atoms with Crippen molar-refractivity contribution in [2.75, 3.05) is 6.54 Å². The van der Waals surface area contributed by atoms with Crippen molar-refractivity contribution in [2.24, 2.45) is 0 Å². The standard InChI is InChI=1S/C12H14N2O6S/c15-12(16)7-8-13(9-1-2-9)21(19,20)11-5-3-10(4-6-11)14(17)18/h3-6,9H,1-2,7-8H2,(H,15,16). The van der Waals surface area contributed by atoms with Crippen LogP contribution >= 0.6 is 0 Å². The molecule has 1 aliphatic carbocycles. The maximum atomic E-state index is 12.5. The lowest BCUT2D eigenvalue weighted by Gasteiger charge is -2.21. The van der Waals surface area contributed by atoms with E-state index in [1.54, 1.807) is 0 Å². The zero-order valence-electron chi connectivity index (χ0n) is 11.0. The molecule has 2 rings (SSSR count). The fourth-order valence-electron chi connectivity index (χ4n) is 1.94. The number of hydrogen-bond acceptors (Lipinski definition) is 5. The number of aliphatic carboxylic acids is 1. The lowest BCUT2D eigenvalue weighted by molar-refractivity contribution is -0.384. The molecule has 0 saturated heterocycles. The first-order chi connectivity index (χ1) is 9.82. The van der Waals surface area contributed by atoms with Gasteiger partial charge in [-0.15, -0.1) is 0 Å². The summed E-state index contributed by atoms with van der Waals surface area (Å²) in [5.41, 5.74) is -0.197. The van der Waals surface area contributed by atoms with E-state index < -0.39 is 20.9 Å². The highest BCUT2D eigenvalue weighted by Gasteiger charge is 2.38. The molecule has 0 bridgehead atoms. The van der Waals surface area contributed by atoms with Gasteiger partial charge in [-0.05, 0) is 25.0 Å². The number of hydrogen-bond donors (Lipinski definition) is 1. The average molecular weight is 314 g/mol. The van der Waals surface area contributed by atoms with Crippen LogP contribution in [-0.4, -0.2) is 41.3 Å². The van der Waals surface area contributed by atoms with Crippen molar-refractivity contribution in [3.8, 4) is 0 Å². The lowest BCUT2D eigenvalue weighted by Crippen LogP contribution is -2.35. The molecule has 1 aromatic carbocycles. The zero-order valence-corrected chi connectivity index (χ0v) is 11.8. The Hall–Kier alpha value is -2.00. The molecular weight excluding hydrogens is 300 g/mol. The predicted octanol–water partition coefficient (Wildman–Crippen LogP) is 1.22. The summed E-state index contributed by atoms with van der Waals surface area (Å²) in [4.78, 5) is 20.5.